The van der Waals surface area contributed by atoms with Crippen LogP contribution in [0.3, 0.4) is 0 Å². The Labute approximate surface area is 154 Å². The van der Waals surface area contributed by atoms with Crippen LogP contribution in [0, 0.1) is 5.41 Å². The summed E-state index contributed by atoms with van der Waals surface area (Å²) in [5.41, 5.74) is 1.29. The third-order valence-electron chi connectivity index (χ3n) is 4.85. The molecule has 6 heteroatoms. The van der Waals surface area contributed by atoms with E-state index < -0.39 is 5.41 Å². The molecule has 140 valence electrons. The van der Waals surface area contributed by atoms with Gasteiger partial charge in [0.2, 0.25) is 11.8 Å². The van der Waals surface area contributed by atoms with Gasteiger partial charge in [0.25, 0.3) is 0 Å². The van der Waals surface area contributed by atoms with E-state index in [2.05, 4.69) is 5.32 Å². The van der Waals surface area contributed by atoms with E-state index in [4.69, 9.17) is 4.98 Å². The Morgan fingerprint density at radius 2 is 1.85 bits per heavy atom. The predicted molar refractivity (Wildman–Crippen MR) is 102 cm³/mol. The normalized spacial score (nSPS) is 16.1. The maximum atomic E-state index is 12.7. The second-order valence-corrected chi connectivity index (χ2v) is 8.08. The van der Waals surface area contributed by atoms with Crippen LogP contribution >= 0.6 is 0 Å². The number of benzene rings is 1. The number of fused-ring (bicyclic) bond motifs is 1. The minimum Gasteiger partial charge on any atom is -0.346 e. The highest BCUT2D eigenvalue weighted by molar-refractivity contribution is 5.83. The number of hydrogen-bond acceptors (Lipinski definition) is 3. The number of carbonyl (C=O) groups excluding carboxylic acids is 2. The number of imidazole rings is 1. The number of likely N-dealkylation sites (tertiary alicyclic amines) is 1. The molecule has 1 atom stereocenters. The number of aromatic nitrogens is 2. The third-order valence-corrected chi connectivity index (χ3v) is 4.85. The van der Waals surface area contributed by atoms with Crippen LogP contribution < -0.4 is 5.32 Å². The first kappa shape index (κ1) is 18.4. The van der Waals surface area contributed by atoms with E-state index in [1.807, 2.05) is 61.4 Å². The molecule has 0 bridgehead atoms. The number of carbonyl (C=O) groups is 2. The fourth-order valence-electron chi connectivity index (χ4n) is 3.27. The number of amides is 2. The minimum atomic E-state index is -0.476. The zero-order valence-electron chi connectivity index (χ0n) is 16.1. The van der Waals surface area contributed by atoms with Gasteiger partial charge in [0.05, 0.1) is 17.1 Å². The van der Waals surface area contributed by atoms with Crippen LogP contribution in [0.1, 0.15) is 52.4 Å². The fraction of sp³-hybridized carbons (Fsp3) is 0.550. The van der Waals surface area contributed by atoms with Crippen molar-refractivity contribution in [2.45, 2.75) is 53.1 Å². The van der Waals surface area contributed by atoms with Crippen LogP contribution in [0.15, 0.2) is 24.3 Å². The summed E-state index contributed by atoms with van der Waals surface area (Å²) < 4.78 is 1.95. The molecule has 1 N–H and O–H groups in total. The second-order valence-electron chi connectivity index (χ2n) is 8.08. The summed E-state index contributed by atoms with van der Waals surface area (Å²) >= 11 is 0. The fourth-order valence-corrected chi connectivity index (χ4v) is 3.27. The van der Waals surface area contributed by atoms with E-state index in [1.165, 1.54) is 0 Å². The highest BCUT2D eigenvalue weighted by atomic mass is 16.2. The molecule has 1 fully saturated rings. The molecular formula is C20H28N4O2. The Kier molecular flexibility index (Phi) is 5.03. The quantitative estimate of drug-likeness (QED) is 0.916. The molecule has 2 amide bonds. The summed E-state index contributed by atoms with van der Waals surface area (Å²) in [5, 5.41) is 3.03. The number of hydrogen-bond donors (Lipinski definition) is 1. The van der Waals surface area contributed by atoms with Gasteiger partial charge in [-0.25, -0.2) is 4.98 Å². The number of para-hydroxylation sites is 2. The molecule has 1 aromatic carbocycles. The lowest BCUT2D eigenvalue weighted by atomic mass is 9.95. The Hall–Kier alpha value is -2.37. The maximum absolute atomic E-state index is 12.7. The van der Waals surface area contributed by atoms with Gasteiger partial charge in [0.1, 0.15) is 12.4 Å². The van der Waals surface area contributed by atoms with Crippen molar-refractivity contribution in [1.82, 2.24) is 19.8 Å². The van der Waals surface area contributed by atoms with E-state index in [9.17, 15) is 9.59 Å². The van der Waals surface area contributed by atoms with Crippen LogP contribution in [0.4, 0.5) is 0 Å². The Morgan fingerprint density at radius 1 is 1.19 bits per heavy atom. The highest BCUT2D eigenvalue weighted by Gasteiger charge is 2.27. The van der Waals surface area contributed by atoms with Gasteiger partial charge in [-0.2, -0.15) is 0 Å². The van der Waals surface area contributed by atoms with Crippen LogP contribution in [-0.4, -0.2) is 39.4 Å². The van der Waals surface area contributed by atoms with Crippen molar-refractivity contribution in [3.63, 3.8) is 0 Å². The second kappa shape index (κ2) is 7.09. The van der Waals surface area contributed by atoms with Crippen molar-refractivity contribution in [2.75, 3.05) is 13.1 Å². The summed E-state index contributed by atoms with van der Waals surface area (Å²) in [7, 11) is 0. The summed E-state index contributed by atoms with van der Waals surface area (Å²) in [5.74, 6) is 0.798. The average Bonchev–Trinajstić information content (AvgIpc) is 3.22. The number of nitrogens with zero attached hydrogens (tertiary/aromatic N) is 3. The van der Waals surface area contributed by atoms with Gasteiger partial charge >= 0.3 is 0 Å². The topological polar surface area (TPSA) is 67.2 Å². The van der Waals surface area contributed by atoms with E-state index >= 15 is 0 Å². The summed E-state index contributed by atoms with van der Waals surface area (Å²) in [6.07, 6.45) is 2.14. The maximum Gasteiger partial charge on any atom is 0.242 e. The van der Waals surface area contributed by atoms with Crippen molar-refractivity contribution in [3.8, 4) is 0 Å². The van der Waals surface area contributed by atoms with Gasteiger partial charge in [-0.1, -0.05) is 32.9 Å². The number of rotatable bonds is 4. The zero-order chi connectivity index (χ0) is 18.9. The lowest BCUT2D eigenvalue weighted by Gasteiger charge is -2.23. The average molecular weight is 356 g/mol. The Balaban J connectivity index is 1.91. The molecule has 0 spiro atoms. The molecule has 0 aliphatic carbocycles. The van der Waals surface area contributed by atoms with Crippen molar-refractivity contribution in [3.05, 3.63) is 30.1 Å². The molecule has 1 aliphatic rings. The Bertz CT molecular complexity index is 813. The third kappa shape index (κ3) is 3.74. The molecule has 6 nitrogen and oxygen atoms in total. The van der Waals surface area contributed by atoms with Crippen molar-refractivity contribution in [2.24, 2.45) is 5.41 Å². The molecule has 2 heterocycles. The number of nitrogens with one attached hydrogen (secondary N) is 1. The van der Waals surface area contributed by atoms with Crippen LogP contribution in [0.5, 0.6) is 0 Å². The summed E-state index contributed by atoms with van der Waals surface area (Å²) in [6.45, 7) is 9.49. The van der Waals surface area contributed by atoms with Crippen LogP contribution in [-0.2, 0) is 16.1 Å². The van der Waals surface area contributed by atoms with Crippen molar-refractivity contribution in [1.29, 1.82) is 0 Å². The largest absolute Gasteiger partial charge is 0.346 e. The lowest BCUT2D eigenvalue weighted by Crippen LogP contribution is -2.38. The highest BCUT2D eigenvalue weighted by Crippen LogP contribution is 2.23. The summed E-state index contributed by atoms with van der Waals surface area (Å²) in [4.78, 5) is 31.7. The van der Waals surface area contributed by atoms with Gasteiger partial charge in [-0.05, 0) is 31.9 Å². The van der Waals surface area contributed by atoms with Crippen LogP contribution in [0.25, 0.3) is 11.0 Å². The molecule has 1 aliphatic heterocycles. The molecule has 0 saturated carbocycles. The van der Waals surface area contributed by atoms with Gasteiger partial charge in [0.15, 0.2) is 0 Å². The first-order chi connectivity index (χ1) is 12.3. The Morgan fingerprint density at radius 3 is 2.50 bits per heavy atom. The molecule has 1 saturated heterocycles. The summed E-state index contributed by atoms with van der Waals surface area (Å²) in [6, 6.07) is 7.52. The molecule has 1 aromatic heterocycles. The molecule has 3 rings (SSSR count). The smallest absolute Gasteiger partial charge is 0.242 e. The monoisotopic (exact) mass is 356 g/mol. The standard InChI is InChI=1S/C20H28N4O2/c1-14(21-19(26)20(2,3)4)18-22-15-9-5-6-10-16(15)24(18)13-17(25)23-11-7-8-12-23/h5-6,9-10,14H,7-8,11-13H2,1-4H3,(H,21,26). The molecule has 1 unspecified atom stereocenters. The van der Waals surface area contributed by atoms with E-state index in [-0.39, 0.29) is 24.4 Å². The van der Waals surface area contributed by atoms with Crippen molar-refractivity contribution >= 4 is 22.8 Å². The van der Waals surface area contributed by atoms with Gasteiger partial charge in [0, 0.05) is 18.5 Å². The molecule has 26 heavy (non-hydrogen) atoms. The lowest BCUT2D eigenvalue weighted by molar-refractivity contribution is -0.130. The minimum absolute atomic E-state index is 0.0329. The van der Waals surface area contributed by atoms with Gasteiger partial charge < -0.3 is 14.8 Å². The van der Waals surface area contributed by atoms with Crippen molar-refractivity contribution < 1.29 is 9.59 Å². The first-order valence-corrected chi connectivity index (χ1v) is 9.31. The molecule has 0 radical (unpaired) electrons. The van der Waals surface area contributed by atoms with E-state index in [0.717, 1.165) is 42.8 Å². The van der Waals surface area contributed by atoms with E-state index in [1.54, 1.807) is 0 Å². The SMILES string of the molecule is CC(NC(=O)C(C)(C)C)c1nc2ccccc2n1CC(=O)N1CCCC1. The zero-order valence-corrected chi connectivity index (χ0v) is 16.1. The predicted octanol–water partition coefficient (Wildman–Crippen LogP) is 2.88. The van der Waals surface area contributed by atoms with Gasteiger partial charge in [-0.3, -0.25) is 9.59 Å². The van der Waals surface area contributed by atoms with Gasteiger partial charge in [-0.15, -0.1) is 0 Å². The molecular weight excluding hydrogens is 328 g/mol. The molecule has 2 aromatic rings. The first-order valence-electron chi connectivity index (χ1n) is 9.31. The van der Waals surface area contributed by atoms with E-state index in [0.29, 0.717) is 0 Å². The van der Waals surface area contributed by atoms with Crippen LogP contribution in [0.2, 0.25) is 0 Å².